The number of nitrogens with zero attached hydrogens (tertiary/aromatic N) is 1. The van der Waals surface area contributed by atoms with Crippen molar-refractivity contribution in [3.63, 3.8) is 0 Å². The van der Waals surface area contributed by atoms with E-state index in [2.05, 4.69) is 41.4 Å². The summed E-state index contributed by atoms with van der Waals surface area (Å²) in [7, 11) is 0. The molecular formula is C16H22N2O. The highest BCUT2D eigenvalue weighted by Gasteiger charge is 2.36. The summed E-state index contributed by atoms with van der Waals surface area (Å²) in [5.74, 6) is 0.810. The van der Waals surface area contributed by atoms with E-state index in [0.29, 0.717) is 17.9 Å². The number of nitrogens with one attached hydrogen (secondary N) is 1. The summed E-state index contributed by atoms with van der Waals surface area (Å²) >= 11 is 0. The molecule has 3 rings (SSSR count). The standard InChI is InChI=1S/C16H22N2O/c1-12-10-14(13-6-3-2-4-7-13)11-18(12)16(19)15-8-5-9-17-15/h2-4,6-7,12,14-15,17H,5,8-11H2,1H3. The van der Waals surface area contributed by atoms with E-state index in [1.165, 1.54) is 5.56 Å². The molecule has 2 saturated heterocycles. The van der Waals surface area contributed by atoms with Gasteiger partial charge in [0.25, 0.3) is 0 Å². The van der Waals surface area contributed by atoms with Crippen LogP contribution in [0, 0.1) is 0 Å². The van der Waals surface area contributed by atoms with Crippen LogP contribution in [-0.4, -0.2) is 36.0 Å². The van der Waals surface area contributed by atoms with Crippen molar-refractivity contribution in [3.05, 3.63) is 35.9 Å². The summed E-state index contributed by atoms with van der Waals surface area (Å²) in [5, 5.41) is 3.32. The van der Waals surface area contributed by atoms with Crippen LogP contribution in [0.25, 0.3) is 0 Å². The molecule has 1 N–H and O–H groups in total. The van der Waals surface area contributed by atoms with Gasteiger partial charge in [-0.2, -0.15) is 0 Å². The first-order valence-electron chi connectivity index (χ1n) is 7.34. The Bertz CT molecular complexity index is 439. The van der Waals surface area contributed by atoms with Crippen LogP contribution < -0.4 is 5.32 Å². The van der Waals surface area contributed by atoms with Crippen LogP contribution in [0.1, 0.15) is 37.7 Å². The summed E-state index contributed by atoms with van der Waals surface area (Å²) in [6.45, 7) is 4.04. The zero-order valence-electron chi connectivity index (χ0n) is 11.5. The largest absolute Gasteiger partial charge is 0.338 e. The second-order valence-electron chi connectivity index (χ2n) is 5.83. The van der Waals surface area contributed by atoms with Gasteiger partial charge in [0, 0.05) is 18.5 Å². The number of carbonyl (C=O) groups excluding carboxylic acids is 1. The maximum atomic E-state index is 12.5. The first-order valence-corrected chi connectivity index (χ1v) is 7.34. The summed E-state index contributed by atoms with van der Waals surface area (Å²) in [5.41, 5.74) is 1.36. The first kappa shape index (κ1) is 12.7. The van der Waals surface area contributed by atoms with Crippen molar-refractivity contribution >= 4 is 5.91 Å². The number of hydrogen-bond donors (Lipinski definition) is 1. The second-order valence-corrected chi connectivity index (χ2v) is 5.83. The van der Waals surface area contributed by atoms with Crippen molar-refractivity contribution < 1.29 is 4.79 Å². The Hall–Kier alpha value is -1.35. The fourth-order valence-corrected chi connectivity index (χ4v) is 3.40. The van der Waals surface area contributed by atoms with Crippen LogP contribution >= 0.6 is 0 Å². The van der Waals surface area contributed by atoms with Crippen LogP contribution in [-0.2, 0) is 4.79 Å². The van der Waals surface area contributed by atoms with Crippen molar-refractivity contribution in [2.45, 2.75) is 44.2 Å². The van der Waals surface area contributed by atoms with Crippen molar-refractivity contribution in [2.75, 3.05) is 13.1 Å². The van der Waals surface area contributed by atoms with Gasteiger partial charge in [-0.15, -0.1) is 0 Å². The Morgan fingerprint density at radius 2 is 2.11 bits per heavy atom. The predicted octanol–water partition coefficient (Wildman–Crippen LogP) is 2.14. The maximum Gasteiger partial charge on any atom is 0.239 e. The number of likely N-dealkylation sites (tertiary alicyclic amines) is 1. The van der Waals surface area contributed by atoms with Crippen LogP contribution in [0.5, 0.6) is 0 Å². The van der Waals surface area contributed by atoms with Crippen molar-refractivity contribution in [2.24, 2.45) is 0 Å². The third-order valence-electron chi connectivity index (χ3n) is 4.49. The molecule has 1 aromatic rings. The lowest BCUT2D eigenvalue weighted by molar-refractivity contribution is -0.133. The average Bonchev–Trinajstić information content (AvgIpc) is 3.08. The molecule has 102 valence electrons. The zero-order valence-corrected chi connectivity index (χ0v) is 11.5. The highest BCUT2D eigenvalue weighted by atomic mass is 16.2. The molecule has 2 heterocycles. The Balaban J connectivity index is 1.69. The predicted molar refractivity (Wildman–Crippen MR) is 76.0 cm³/mol. The molecule has 3 unspecified atom stereocenters. The van der Waals surface area contributed by atoms with Gasteiger partial charge in [0.15, 0.2) is 0 Å². The molecule has 3 nitrogen and oxygen atoms in total. The minimum atomic E-state index is 0.0666. The minimum absolute atomic E-state index is 0.0666. The monoisotopic (exact) mass is 258 g/mol. The van der Waals surface area contributed by atoms with Gasteiger partial charge in [-0.1, -0.05) is 30.3 Å². The fraction of sp³-hybridized carbons (Fsp3) is 0.562. The molecule has 0 bridgehead atoms. The lowest BCUT2D eigenvalue weighted by atomic mass is 9.97. The summed E-state index contributed by atoms with van der Waals surface area (Å²) in [4.78, 5) is 14.6. The van der Waals surface area contributed by atoms with Crippen molar-refractivity contribution in [3.8, 4) is 0 Å². The molecule has 0 radical (unpaired) electrons. The zero-order chi connectivity index (χ0) is 13.2. The van der Waals surface area contributed by atoms with Crippen LogP contribution in [0.4, 0.5) is 0 Å². The van der Waals surface area contributed by atoms with E-state index in [0.717, 1.165) is 32.4 Å². The highest BCUT2D eigenvalue weighted by molar-refractivity contribution is 5.82. The lowest BCUT2D eigenvalue weighted by Crippen LogP contribution is -2.45. The number of hydrogen-bond acceptors (Lipinski definition) is 2. The van der Waals surface area contributed by atoms with Crippen LogP contribution in [0.2, 0.25) is 0 Å². The van der Waals surface area contributed by atoms with E-state index in [9.17, 15) is 4.79 Å². The Labute approximate surface area is 115 Å². The van der Waals surface area contributed by atoms with Gasteiger partial charge in [-0.3, -0.25) is 4.79 Å². The van der Waals surface area contributed by atoms with E-state index < -0.39 is 0 Å². The number of rotatable bonds is 2. The van der Waals surface area contributed by atoms with Gasteiger partial charge < -0.3 is 10.2 Å². The molecular weight excluding hydrogens is 236 g/mol. The topological polar surface area (TPSA) is 32.3 Å². The summed E-state index contributed by atoms with van der Waals surface area (Å²) in [6, 6.07) is 11.0. The average molecular weight is 258 g/mol. The molecule has 0 aliphatic carbocycles. The first-order chi connectivity index (χ1) is 9.25. The lowest BCUT2D eigenvalue weighted by Gasteiger charge is -2.25. The minimum Gasteiger partial charge on any atom is -0.338 e. The SMILES string of the molecule is CC1CC(c2ccccc2)CN1C(=O)C1CCCN1. The molecule has 0 aromatic heterocycles. The van der Waals surface area contributed by atoms with Gasteiger partial charge in [0.2, 0.25) is 5.91 Å². The van der Waals surface area contributed by atoms with E-state index in [-0.39, 0.29) is 6.04 Å². The second kappa shape index (κ2) is 5.33. The number of carbonyl (C=O) groups is 1. The fourth-order valence-electron chi connectivity index (χ4n) is 3.40. The van der Waals surface area contributed by atoms with Gasteiger partial charge >= 0.3 is 0 Å². The highest BCUT2D eigenvalue weighted by Crippen LogP contribution is 2.32. The third-order valence-corrected chi connectivity index (χ3v) is 4.49. The summed E-state index contributed by atoms with van der Waals surface area (Å²) < 4.78 is 0. The van der Waals surface area contributed by atoms with E-state index >= 15 is 0 Å². The summed E-state index contributed by atoms with van der Waals surface area (Å²) in [6.07, 6.45) is 3.21. The quantitative estimate of drug-likeness (QED) is 0.881. The molecule has 3 heteroatoms. The van der Waals surface area contributed by atoms with Crippen molar-refractivity contribution in [1.29, 1.82) is 0 Å². The van der Waals surface area contributed by atoms with Gasteiger partial charge in [-0.05, 0) is 38.3 Å². The normalized spacial score (nSPS) is 30.8. The van der Waals surface area contributed by atoms with Gasteiger partial charge in [0.05, 0.1) is 6.04 Å². The molecule has 19 heavy (non-hydrogen) atoms. The molecule has 2 aliphatic rings. The van der Waals surface area contributed by atoms with E-state index in [4.69, 9.17) is 0 Å². The number of benzene rings is 1. The Morgan fingerprint density at radius 3 is 2.79 bits per heavy atom. The number of amides is 1. The maximum absolute atomic E-state index is 12.5. The van der Waals surface area contributed by atoms with E-state index in [1.54, 1.807) is 0 Å². The van der Waals surface area contributed by atoms with Gasteiger partial charge in [-0.25, -0.2) is 0 Å². The molecule has 2 fully saturated rings. The Kier molecular flexibility index (Phi) is 3.56. The molecule has 1 aromatic carbocycles. The molecule has 0 spiro atoms. The molecule has 1 amide bonds. The van der Waals surface area contributed by atoms with Crippen LogP contribution in [0.3, 0.4) is 0 Å². The molecule has 2 aliphatic heterocycles. The Morgan fingerprint density at radius 1 is 1.32 bits per heavy atom. The smallest absolute Gasteiger partial charge is 0.239 e. The van der Waals surface area contributed by atoms with Gasteiger partial charge in [0.1, 0.15) is 0 Å². The van der Waals surface area contributed by atoms with E-state index in [1.807, 2.05) is 6.07 Å². The molecule has 0 saturated carbocycles. The van der Waals surface area contributed by atoms with Crippen molar-refractivity contribution in [1.82, 2.24) is 10.2 Å². The molecule has 3 atom stereocenters. The van der Waals surface area contributed by atoms with Crippen LogP contribution in [0.15, 0.2) is 30.3 Å². The third kappa shape index (κ3) is 2.52.